The highest BCUT2D eigenvalue weighted by Crippen LogP contribution is 2.35. The number of aliphatic hydroxyl groups is 1. The SMILES string of the molecule is CC(NC1CCC(C)(C)CC1)C(C)(C)O. The van der Waals surface area contributed by atoms with E-state index in [-0.39, 0.29) is 6.04 Å². The molecule has 1 aliphatic carbocycles. The highest BCUT2D eigenvalue weighted by Gasteiger charge is 2.30. The molecule has 1 atom stereocenters. The van der Waals surface area contributed by atoms with Crippen molar-refractivity contribution in [1.29, 1.82) is 0 Å². The molecule has 1 unspecified atom stereocenters. The summed E-state index contributed by atoms with van der Waals surface area (Å²) in [7, 11) is 0. The van der Waals surface area contributed by atoms with Crippen LogP contribution in [-0.4, -0.2) is 22.8 Å². The topological polar surface area (TPSA) is 32.3 Å². The molecular formula is C13H27NO. The van der Waals surface area contributed by atoms with Gasteiger partial charge in [-0.1, -0.05) is 13.8 Å². The van der Waals surface area contributed by atoms with Crippen molar-refractivity contribution in [2.75, 3.05) is 0 Å². The molecule has 0 spiro atoms. The first-order chi connectivity index (χ1) is 6.71. The van der Waals surface area contributed by atoms with Crippen LogP contribution in [0.2, 0.25) is 0 Å². The van der Waals surface area contributed by atoms with Gasteiger partial charge in [0.2, 0.25) is 0 Å². The van der Waals surface area contributed by atoms with Crippen LogP contribution in [0.25, 0.3) is 0 Å². The number of rotatable bonds is 3. The largest absolute Gasteiger partial charge is 0.389 e. The van der Waals surface area contributed by atoms with Gasteiger partial charge in [0, 0.05) is 12.1 Å². The van der Waals surface area contributed by atoms with Gasteiger partial charge in [0.05, 0.1) is 5.60 Å². The van der Waals surface area contributed by atoms with Crippen LogP contribution in [0.1, 0.15) is 60.3 Å². The van der Waals surface area contributed by atoms with Crippen molar-refractivity contribution >= 4 is 0 Å². The molecule has 0 aromatic carbocycles. The summed E-state index contributed by atoms with van der Waals surface area (Å²) in [6.45, 7) is 10.5. The van der Waals surface area contributed by atoms with E-state index in [1.807, 2.05) is 13.8 Å². The molecule has 0 radical (unpaired) electrons. The van der Waals surface area contributed by atoms with Gasteiger partial charge in [0.15, 0.2) is 0 Å². The van der Waals surface area contributed by atoms with Crippen molar-refractivity contribution in [3.63, 3.8) is 0 Å². The van der Waals surface area contributed by atoms with Gasteiger partial charge in [-0.25, -0.2) is 0 Å². The van der Waals surface area contributed by atoms with Crippen LogP contribution >= 0.6 is 0 Å². The summed E-state index contributed by atoms with van der Waals surface area (Å²) >= 11 is 0. The standard InChI is InChI=1S/C13H27NO/c1-10(13(4,5)15)14-11-6-8-12(2,3)9-7-11/h10-11,14-15H,6-9H2,1-5H3. The summed E-state index contributed by atoms with van der Waals surface area (Å²) in [4.78, 5) is 0. The molecule has 90 valence electrons. The summed E-state index contributed by atoms with van der Waals surface area (Å²) in [5, 5.41) is 13.4. The summed E-state index contributed by atoms with van der Waals surface area (Å²) in [6.07, 6.45) is 5.08. The molecule has 0 saturated heterocycles. The van der Waals surface area contributed by atoms with Crippen LogP contribution in [0, 0.1) is 5.41 Å². The van der Waals surface area contributed by atoms with E-state index in [9.17, 15) is 5.11 Å². The van der Waals surface area contributed by atoms with E-state index in [0.29, 0.717) is 11.5 Å². The van der Waals surface area contributed by atoms with Gasteiger partial charge in [-0.2, -0.15) is 0 Å². The molecular weight excluding hydrogens is 186 g/mol. The minimum Gasteiger partial charge on any atom is -0.389 e. The second-order valence-corrected chi connectivity index (χ2v) is 6.48. The fourth-order valence-corrected chi connectivity index (χ4v) is 2.12. The molecule has 0 amide bonds. The first kappa shape index (κ1) is 13.0. The summed E-state index contributed by atoms with van der Waals surface area (Å²) in [5.74, 6) is 0. The quantitative estimate of drug-likeness (QED) is 0.755. The van der Waals surface area contributed by atoms with Gasteiger partial charge < -0.3 is 10.4 Å². The molecule has 0 bridgehead atoms. The van der Waals surface area contributed by atoms with Crippen LogP contribution < -0.4 is 5.32 Å². The zero-order valence-electron chi connectivity index (χ0n) is 10.9. The molecule has 2 N–H and O–H groups in total. The molecule has 1 rings (SSSR count). The van der Waals surface area contributed by atoms with Crippen molar-refractivity contribution in [1.82, 2.24) is 5.32 Å². The maximum absolute atomic E-state index is 9.86. The van der Waals surface area contributed by atoms with E-state index in [2.05, 4.69) is 26.1 Å². The zero-order valence-corrected chi connectivity index (χ0v) is 10.9. The normalized spacial score (nSPS) is 25.2. The highest BCUT2D eigenvalue weighted by atomic mass is 16.3. The average Bonchev–Trinajstić information content (AvgIpc) is 2.07. The molecule has 0 aromatic heterocycles. The Morgan fingerprint density at radius 1 is 1.27 bits per heavy atom. The fourth-order valence-electron chi connectivity index (χ4n) is 2.12. The van der Waals surface area contributed by atoms with Crippen molar-refractivity contribution in [3.8, 4) is 0 Å². The number of nitrogens with one attached hydrogen (secondary N) is 1. The Morgan fingerprint density at radius 3 is 2.13 bits per heavy atom. The number of hydrogen-bond donors (Lipinski definition) is 2. The third-order valence-electron chi connectivity index (χ3n) is 3.88. The van der Waals surface area contributed by atoms with E-state index in [1.54, 1.807) is 0 Å². The summed E-state index contributed by atoms with van der Waals surface area (Å²) < 4.78 is 0. The molecule has 0 aliphatic heterocycles. The van der Waals surface area contributed by atoms with Crippen LogP contribution in [0.4, 0.5) is 0 Å². The highest BCUT2D eigenvalue weighted by molar-refractivity contribution is 4.87. The van der Waals surface area contributed by atoms with Gasteiger partial charge in [-0.3, -0.25) is 0 Å². The van der Waals surface area contributed by atoms with Crippen LogP contribution in [-0.2, 0) is 0 Å². The van der Waals surface area contributed by atoms with E-state index in [4.69, 9.17) is 0 Å². The maximum Gasteiger partial charge on any atom is 0.0741 e. The lowest BCUT2D eigenvalue weighted by atomic mass is 9.75. The third-order valence-corrected chi connectivity index (χ3v) is 3.88. The Labute approximate surface area is 94.5 Å². The zero-order chi connectivity index (χ0) is 11.7. The van der Waals surface area contributed by atoms with Crippen LogP contribution in [0.3, 0.4) is 0 Å². The molecule has 0 aromatic rings. The number of hydrogen-bond acceptors (Lipinski definition) is 2. The van der Waals surface area contributed by atoms with Gasteiger partial charge in [-0.05, 0) is 51.9 Å². The minimum absolute atomic E-state index is 0.170. The lowest BCUT2D eigenvalue weighted by molar-refractivity contribution is 0.0350. The Hall–Kier alpha value is -0.0800. The Morgan fingerprint density at radius 2 is 1.73 bits per heavy atom. The van der Waals surface area contributed by atoms with Gasteiger partial charge >= 0.3 is 0 Å². The van der Waals surface area contributed by atoms with Crippen LogP contribution in [0.5, 0.6) is 0 Å². The Kier molecular flexibility index (Phi) is 3.83. The van der Waals surface area contributed by atoms with Gasteiger partial charge in [0.25, 0.3) is 0 Å². The predicted molar refractivity (Wildman–Crippen MR) is 64.9 cm³/mol. The lowest BCUT2D eigenvalue weighted by Crippen LogP contribution is -2.50. The van der Waals surface area contributed by atoms with Gasteiger partial charge in [0.1, 0.15) is 0 Å². The fraction of sp³-hybridized carbons (Fsp3) is 1.00. The van der Waals surface area contributed by atoms with Crippen molar-refractivity contribution in [3.05, 3.63) is 0 Å². The third kappa shape index (κ3) is 4.12. The van der Waals surface area contributed by atoms with E-state index < -0.39 is 5.60 Å². The van der Waals surface area contributed by atoms with Crippen LogP contribution in [0.15, 0.2) is 0 Å². The lowest BCUT2D eigenvalue weighted by Gasteiger charge is -2.38. The summed E-state index contributed by atoms with van der Waals surface area (Å²) in [6, 6.07) is 0.767. The Balaban J connectivity index is 2.36. The first-order valence-electron chi connectivity index (χ1n) is 6.19. The first-order valence-corrected chi connectivity index (χ1v) is 6.19. The minimum atomic E-state index is -0.618. The Bertz CT molecular complexity index is 195. The molecule has 15 heavy (non-hydrogen) atoms. The van der Waals surface area contributed by atoms with Crippen molar-refractivity contribution in [2.45, 2.75) is 78.0 Å². The molecule has 1 saturated carbocycles. The smallest absolute Gasteiger partial charge is 0.0741 e. The molecule has 2 heteroatoms. The summed E-state index contributed by atoms with van der Waals surface area (Å²) in [5.41, 5.74) is -0.0941. The molecule has 1 aliphatic rings. The second-order valence-electron chi connectivity index (χ2n) is 6.48. The van der Waals surface area contributed by atoms with Crippen molar-refractivity contribution in [2.24, 2.45) is 5.41 Å². The van der Waals surface area contributed by atoms with Crippen molar-refractivity contribution < 1.29 is 5.11 Å². The van der Waals surface area contributed by atoms with E-state index >= 15 is 0 Å². The molecule has 1 fully saturated rings. The molecule has 0 heterocycles. The van der Waals surface area contributed by atoms with Gasteiger partial charge in [-0.15, -0.1) is 0 Å². The predicted octanol–water partition coefficient (Wildman–Crippen LogP) is 2.70. The van der Waals surface area contributed by atoms with E-state index in [0.717, 1.165) is 0 Å². The average molecular weight is 213 g/mol. The monoisotopic (exact) mass is 213 g/mol. The van der Waals surface area contributed by atoms with E-state index in [1.165, 1.54) is 25.7 Å². The maximum atomic E-state index is 9.86. The molecule has 2 nitrogen and oxygen atoms in total. The second kappa shape index (κ2) is 4.42.